The summed E-state index contributed by atoms with van der Waals surface area (Å²) < 4.78 is 53.5. The second kappa shape index (κ2) is 12.4. The number of hydrogen-bond acceptors (Lipinski definition) is 6. The summed E-state index contributed by atoms with van der Waals surface area (Å²) in [6.45, 7) is 0.581. The van der Waals surface area contributed by atoms with E-state index in [9.17, 15) is 22.4 Å². The molecule has 0 bridgehead atoms. The minimum Gasteiger partial charge on any atom is -0.493 e. The van der Waals surface area contributed by atoms with E-state index in [1.54, 1.807) is 24.3 Å². The van der Waals surface area contributed by atoms with Crippen molar-refractivity contribution in [2.45, 2.75) is 24.4 Å². The SMILES string of the molecule is CNC(=O)[C@@H](C)N(Cc1ccccc1F)C(=O)CN(c1ccc(OC)c(OC)c1)S(=O)(=O)c1ccccc1. The molecule has 202 valence electrons. The first kappa shape index (κ1) is 28.5. The highest BCUT2D eigenvalue weighted by Gasteiger charge is 2.33. The first-order valence-electron chi connectivity index (χ1n) is 11.7. The van der Waals surface area contributed by atoms with E-state index in [-0.39, 0.29) is 28.4 Å². The van der Waals surface area contributed by atoms with Gasteiger partial charge >= 0.3 is 0 Å². The monoisotopic (exact) mass is 543 g/mol. The van der Waals surface area contributed by atoms with Crippen LogP contribution in [-0.2, 0) is 26.2 Å². The van der Waals surface area contributed by atoms with Crippen LogP contribution in [0.15, 0.2) is 77.7 Å². The number of benzene rings is 3. The Hall–Kier alpha value is -4.12. The number of carbonyl (C=O) groups is 2. The Labute approximate surface area is 221 Å². The van der Waals surface area contributed by atoms with Crippen molar-refractivity contribution in [2.24, 2.45) is 0 Å². The molecular weight excluding hydrogens is 513 g/mol. The summed E-state index contributed by atoms with van der Waals surface area (Å²) in [5.74, 6) is -1.12. The van der Waals surface area contributed by atoms with Gasteiger partial charge in [-0.1, -0.05) is 36.4 Å². The van der Waals surface area contributed by atoms with Crippen molar-refractivity contribution in [1.29, 1.82) is 0 Å². The van der Waals surface area contributed by atoms with E-state index in [4.69, 9.17) is 9.47 Å². The number of methoxy groups -OCH3 is 2. The Kier molecular flexibility index (Phi) is 9.30. The van der Waals surface area contributed by atoms with Gasteiger partial charge in [0.05, 0.1) is 24.8 Å². The van der Waals surface area contributed by atoms with E-state index in [2.05, 4.69) is 5.32 Å². The third kappa shape index (κ3) is 6.23. The fraction of sp³-hybridized carbons (Fsp3) is 0.259. The molecule has 0 radical (unpaired) electrons. The maximum Gasteiger partial charge on any atom is 0.264 e. The molecule has 0 saturated carbocycles. The standard InChI is InChI=1S/C27H30FN3O6S/c1-19(27(33)29-2)30(17-20-10-8-9-13-23(20)28)26(32)18-31(38(34,35)22-11-6-5-7-12-22)21-14-15-24(36-3)25(16-21)37-4/h5-16,19H,17-18H2,1-4H3,(H,29,33)/t19-/m1/s1. The number of nitrogens with one attached hydrogen (secondary N) is 1. The molecule has 0 saturated heterocycles. The van der Waals surface area contributed by atoms with Crippen LogP contribution in [0.3, 0.4) is 0 Å². The van der Waals surface area contributed by atoms with Crippen LogP contribution < -0.4 is 19.1 Å². The molecule has 3 aromatic carbocycles. The average Bonchev–Trinajstić information content (AvgIpc) is 2.94. The maximum absolute atomic E-state index is 14.5. The predicted octanol–water partition coefficient (Wildman–Crippen LogP) is 3.20. The zero-order valence-corrected chi connectivity index (χ0v) is 22.4. The molecule has 0 heterocycles. The van der Waals surface area contributed by atoms with E-state index in [0.717, 1.165) is 9.21 Å². The number of carbonyl (C=O) groups excluding carboxylic acids is 2. The van der Waals surface area contributed by atoms with Crippen LogP contribution in [0.2, 0.25) is 0 Å². The van der Waals surface area contributed by atoms with Crippen molar-refractivity contribution in [3.8, 4) is 11.5 Å². The molecule has 0 aromatic heterocycles. The molecule has 0 spiro atoms. The average molecular weight is 544 g/mol. The molecule has 2 amide bonds. The van der Waals surface area contributed by atoms with Crippen LogP contribution in [0.4, 0.5) is 10.1 Å². The third-order valence-electron chi connectivity index (χ3n) is 5.98. The lowest BCUT2D eigenvalue weighted by Crippen LogP contribution is -2.50. The number of halogens is 1. The van der Waals surface area contributed by atoms with Crippen molar-refractivity contribution in [3.05, 3.63) is 84.2 Å². The first-order valence-corrected chi connectivity index (χ1v) is 13.1. The van der Waals surface area contributed by atoms with Crippen LogP contribution >= 0.6 is 0 Å². The van der Waals surface area contributed by atoms with Gasteiger partial charge in [-0.05, 0) is 37.3 Å². The number of likely N-dealkylation sites (N-methyl/N-ethyl adjacent to an activating group) is 1. The molecule has 3 aromatic rings. The topological polar surface area (TPSA) is 105 Å². The zero-order chi connectivity index (χ0) is 27.9. The number of anilines is 1. The van der Waals surface area contributed by atoms with Crippen LogP contribution in [0, 0.1) is 5.82 Å². The van der Waals surface area contributed by atoms with Crippen molar-refractivity contribution >= 4 is 27.5 Å². The lowest BCUT2D eigenvalue weighted by Gasteiger charge is -2.32. The van der Waals surface area contributed by atoms with Crippen LogP contribution in [-0.4, -0.2) is 59.0 Å². The minimum atomic E-state index is -4.24. The number of sulfonamides is 1. The molecule has 0 fully saturated rings. The van der Waals surface area contributed by atoms with Crippen molar-refractivity contribution in [3.63, 3.8) is 0 Å². The molecule has 0 aliphatic heterocycles. The fourth-order valence-electron chi connectivity index (χ4n) is 3.83. The van der Waals surface area contributed by atoms with Gasteiger partial charge in [0.15, 0.2) is 11.5 Å². The van der Waals surface area contributed by atoms with Gasteiger partial charge in [-0.2, -0.15) is 0 Å². The van der Waals surface area contributed by atoms with Crippen molar-refractivity contribution < 1.29 is 31.9 Å². The number of nitrogens with zero attached hydrogens (tertiary/aromatic N) is 2. The lowest BCUT2D eigenvalue weighted by atomic mass is 10.1. The number of amides is 2. The molecule has 11 heteroatoms. The van der Waals surface area contributed by atoms with Gasteiger partial charge in [0.1, 0.15) is 18.4 Å². The largest absolute Gasteiger partial charge is 0.493 e. The highest BCUT2D eigenvalue weighted by atomic mass is 32.2. The molecule has 1 atom stereocenters. The second-order valence-electron chi connectivity index (χ2n) is 8.27. The Morgan fingerprint density at radius 3 is 2.18 bits per heavy atom. The molecule has 0 unspecified atom stereocenters. The molecule has 3 rings (SSSR count). The predicted molar refractivity (Wildman–Crippen MR) is 141 cm³/mol. The van der Waals surface area contributed by atoms with E-state index in [1.807, 2.05) is 0 Å². The third-order valence-corrected chi connectivity index (χ3v) is 7.77. The summed E-state index contributed by atoms with van der Waals surface area (Å²) in [7, 11) is 0.0236. The second-order valence-corrected chi connectivity index (χ2v) is 10.1. The van der Waals surface area contributed by atoms with Gasteiger partial charge in [0, 0.05) is 25.2 Å². The van der Waals surface area contributed by atoms with Crippen molar-refractivity contribution in [2.75, 3.05) is 32.1 Å². The Morgan fingerprint density at radius 1 is 0.947 bits per heavy atom. The zero-order valence-electron chi connectivity index (χ0n) is 21.5. The number of rotatable bonds is 11. The van der Waals surface area contributed by atoms with Gasteiger partial charge in [-0.3, -0.25) is 13.9 Å². The molecule has 0 aliphatic carbocycles. The van der Waals surface area contributed by atoms with Gasteiger partial charge < -0.3 is 19.7 Å². The highest BCUT2D eigenvalue weighted by molar-refractivity contribution is 7.92. The normalized spacial score (nSPS) is 11.8. The Morgan fingerprint density at radius 2 is 1.58 bits per heavy atom. The summed E-state index contributed by atoms with van der Waals surface area (Å²) in [6.07, 6.45) is 0. The van der Waals surface area contributed by atoms with Crippen LogP contribution in [0.25, 0.3) is 0 Å². The van der Waals surface area contributed by atoms with Gasteiger partial charge in [-0.15, -0.1) is 0 Å². The van der Waals surface area contributed by atoms with Crippen LogP contribution in [0.1, 0.15) is 12.5 Å². The van der Waals surface area contributed by atoms with E-state index >= 15 is 0 Å². The van der Waals surface area contributed by atoms with E-state index < -0.39 is 40.2 Å². The number of hydrogen-bond donors (Lipinski definition) is 1. The summed E-state index contributed by atoms with van der Waals surface area (Å²) >= 11 is 0. The molecule has 1 N–H and O–H groups in total. The first-order chi connectivity index (χ1) is 18.1. The van der Waals surface area contributed by atoms with Crippen LogP contribution in [0.5, 0.6) is 11.5 Å². The van der Waals surface area contributed by atoms with Crippen molar-refractivity contribution in [1.82, 2.24) is 10.2 Å². The van der Waals surface area contributed by atoms with Gasteiger partial charge in [0.2, 0.25) is 11.8 Å². The van der Waals surface area contributed by atoms with E-state index in [1.165, 1.54) is 76.7 Å². The minimum absolute atomic E-state index is 0.0393. The summed E-state index contributed by atoms with van der Waals surface area (Å²) in [6, 6.07) is 16.9. The fourth-order valence-corrected chi connectivity index (χ4v) is 5.26. The summed E-state index contributed by atoms with van der Waals surface area (Å²) in [5, 5.41) is 2.48. The Bertz CT molecular complexity index is 1380. The molecule has 9 nitrogen and oxygen atoms in total. The maximum atomic E-state index is 14.5. The van der Waals surface area contributed by atoms with E-state index in [0.29, 0.717) is 5.75 Å². The molecule has 0 aliphatic rings. The van der Waals surface area contributed by atoms with Gasteiger partial charge in [-0.25, -0.2) is 12.8 Å². The quantitative estimate of drug-likeness (QED) is 0.398. The van der Waals surface area contributed by atoms with Gasteiger partial charge in [0.25, 0.3) is 10.0 Å². The Balaban J connectivity index is 2.09. The molecular formula is C27H30FN3O6S. The number of ether oxygens (including phenoxy) is 2. The smallest absolute Gasteiger partial charge is 0.264 e. The lowest BCUT2D eigenvalue weighted by molar-refractivity contribution is -0.139. The summed E-state index contributed by atoms with van der Waals surface area (Å²) in [4.78, 5) is 27.3. The summed E-state index contributed by atoms with van der Waals surface area (Å²) in [5.41, 5.74) is 0.318. The molecule has 38 heavy (non-hydrogen) atoms. The highest BCUT2D eigenvalue weighted by Crippen LogP contribution is 2.34.